The quantitative estimate of drug-likeness (QED) is 0.516. The third-order valence-electron chi connectivity index (χ3n) is 3.18. The zero-order valence-corrected chi connectivity index (χ0v) is 12.3. The zero-order valence-electron chi connectivity index (χ0n) is 11.5. The van der Waals surface area contributed by atoms with Gasteiger partial charge in [-0.2, -0.15) is 0 Å². The monoisotopic (exact) mass is 309 g/mol. The molecule has 1 saturated heterocycles. The fourth-order valence-electron chi connectivity index (χ4n) is 2.12. The first-order valence-electron chi connectivity index (χ1n) is 6.41. The Morgan fingerprint density at radius 1 is 1.48 bits per heavy atom. The molecule has 0 aliphatic carbocycles. The fourth-order valence-corrected chi connectivity index (χ4v) is 2.56. The van der Waals surface area contributed by atoms with Gasteiger partial charge in [0, 0.05) is 24.1 Å². The lowest BCUT2D eigenvalue weighted by molar-refractivity contribution is -0.385. The highest BCUT2D eigenvalue weighted by atomic mass is 32.2. The topological polar surface area (TPSA) is 92.6 Å². The molecule has 1 aromatic rings. The molecule has 1 heterocycles. The normalized spacial score (nSPS) is 15.3. The molecule has 0 aromatic heterocycles. The number of nitrogens with zero attached hydrogens (tertiary/aromatic N) is 2. The summed E-state index contributed by atoms with van der Waals surface area (Å²) in [6, 6.07) is 4.44. The molecular formula is C13H15N3O4S. The molecule has 0 saturated carbocycles. The van der Waals surface area contributed by atoms with Crippen LogP contribution in [0.25, 0.3) is 0 Å². The predicted octanol–water partition coefficient (Wildman–Crippen LogP) is 1.28. The van der Waals surface area contributed by atoms with Crippen LogP contribution in [0.5, 0.6) is 0 Å². The second-order valence-electron chi connectivity index (χ2n) is 4.57. The number of rotatable bonds is 3. The molecule has 1 aromatic carbocycles. The highest BCUT2D eigenvalue weighted by molar-refractivity contribution is 7.98. The van der Waals surface area contributed by atoms with E-state index in [9.17, 15) is 19.7 Å². The Balaban J connectivity index is 2.36. The molecule has 0 spiro atoms. The minimum absolute atomic E-state index is 0.0292. The fraction of sp³-hybridized carbons (Fsp3) is 0.385. The number of amides is 2. The van der Waals surface area contributed by atoms with Crippen molar-refractivity contribution in [1.29, 1.82) is 0 Å². The Morgan fingerprint density at radius 2 is 2.24 bits per heavy atom. The largest absolute Gasteiger partial charge is 0.354 e. The summed E-state index contributed by atoms with van der Waals surface area (Å²) in [7, 11) is 0. The summed E-state index contributed by atoms with van der Waals surface area (Å²) in [5.74, 6) is -0.723. The summed E-state index contributed by atoms with van der Waals surface area (Å²) in [5.41, 5.74) is -0.205. The average Bonchev–Trinajstić information content (AvgIpc) is 2.70. The predicted molar refractivity (Wildman–Crippen MR) is 78.4 cm³/mol. The van der Waals surface area contributed by atoms with Crippen LogP contribution >= 0.6 is 11.8 Å². The van der Waals surface area contributed by atoms with Crippen molar-refractivity contribution >= 4 is 29.3 Å². The van der Waals surface area contributed by atoms with E-state index in [0.717, 1.165) is 4.90 Å². The number of nitro benzene ring substituents is 1. The second-order valence-corrected chi connectivity index (χ2v) is 5.45. The van der Waals surface area contributed by atoms with Crippen molar-refractivity contribution in [2.24, 2.45) is 0 Å². The number of thioether (sulfide) groups is 1. The lowest BCUT2D eigenvalue weighted by Crippen LogP contribution is -2.37. The minimum Gasteiger partial charge on any atom is -0.354 e. The van der Waals surface area contributed by atoms with Crippen molar-refractivity contribution in [2.45, 2.75) is 11.3 Å². The van der Waals surface area contributed by atoms with Crippen LogP contribution in [0.3, 0.4) is 0 Å². The standard InChI is InChI=1S/C13H15N3O4S/c1-21-9-3-4-11(16(19)20)10(7-9)13(18)15-6-2-5-14-12(17)8-15/h3-4,7H,2,5-6,8H2,1H3,(H,14,17). The van der Waals surface area contributed by atoms with Crippen LogP contribution in [0.2, 0.25) is 0 Å². The number of carbonyl (C=O) groups is 2. The van der Waals surface area contributed by atoms with Crippen LogP contribution in [0.15, 0.2) is 23.1 Å². The van der Waals surface area contributed by atoms with Gasteiger partial charge >= 0.3 is 0 Å². The first kappa shape index (κ1) is 15.3. The molecule has 21 heavy (non-hydrogen) atoms. The van der Waals surface area contributed by atoms with Gasteiger partial charge in [0.05, 0.1) is 11.5 Å². The van der Waals surface area contributed by atoms with E-state index in [1.165, 1.54) is 28.8 Å². The SMILES string of the molecule is CSc1ccc([N+](=O)[O-])c(C(=O)N2CCCNC(=O)C2)c1. The highest BCUT2D eigenvalue weighted by Crippen LogP contribution is 2.26. The Labute approximate surface area is 125 Å². The molecule has 1 aliphatic rings. The molecule has 0 bridgehead atoms. The van der Waals surface area contributed by atoms with E-state index in [2.05, 4.69) is 5.32 Å². The van der Waals surface area contributed by atoms with Gasteiger partial charge in [-0.3, -0.25) is 19.7 Å². The third kappa shape index (κ3) is 3.52. The maximum atomic E-state index is 12.5. The second kappa shape index (κ2) is 6.57. The van der Waals surface area contributed by atoms with E-state index in [1.54, 1.807) is 6.07 Å². The van der Waals surface area contributed by atoms with E-state index in [0.29, 0.717) is 19.5 Å². The van der Waals surface area contributed by atoms with Gasteiger partial charge in [0.15, 0.2) is 0 Å². The molecule has 0 radical (unpaired) electrons. The Hall–Kier alpha value is -2.09. The van der Waals surface area contributed by atoms with E-state index in [-0.39, 0.29) is 23.7 Å². The maximum Gasteiger partial charge on any atom is 0.282 e. The summed E-state index contributed by atoms with van der Waals surface area (Å²) in [6.45, 7) is 0.841. The molecule has 0 atom stereocenters. The van der Waals surface area contributed by atoms with Crippen LogP contribution in [0, 0.1) is 10.1 Å². The zero-order chi connectivity index (χ0) is 15.4. The molecule has 1 N–H and O–H groups in total. The van der Waals surface area contributed by atoms with Crippen LogP contribution in [0.1, 0.15) is 16.8 Å². The summed E-state index contributed by atoms with van der Waals surface area (Å²) in [4.78, 5) is 36.7. The molecular weight excluding hydrogens is 294 g/mol. The van der Waals surface area contributed by atoms with Crippen LogP contribution in [-0.2, 0) is 4.79 Å². The number of carbonyl (C=O) groups excluding carboxylic acids is 2. The maximum absolute atomic E-state index is 12.5. The number of hydrogen-bond acceptors (Lipinski definition) is 5. The molecule has 2 rings (SSSR count). The molecule has 112 valence electrons. The van der Waals surface area contributed by atoms with Crippen LogP contribution in [0.4, 0.5) is 5.69 Å². The lowest BCUT2D eigenvalue weighted by atomic mass is 10.1. The number of nitrogens with one attached hydrogen (secondary N) is 1. The van der Waals surface area contributed by atoms with Gasteiger partial charge in [-0.05, 0) is 24.8 Å². The van der Waals surface area contributed by atoms with Gasteiger partial charge < -0.3 is 10.2 Å². The Bertz CT molecular complexity index is 591. The Kier molecular flexibility index (Phi) is 4.79. The van der Waals surface area contributed by atoms with Crippen molar-refractivity contribution < 1.29 is 14.5 Å². The molecule has 1 fully saturated rings. The molecule has 7 nitrogen and oxygen atoms in total. The number of hydrogen-bond donors (Lipinski definition) is 1. The van der Waals surface area contributed by atoms with Crippen molar-refractivity contribution in [2.75, 3.05) is 25.9 Å². The molecule has 2 amide bonds. The van der Waals surface area contributed by atoms with Crippen molar-refractivity contribution in [3.63, 3.8) is 0 Å². The molecule has 1 aliphatic heterocycles. The van der Waals surface area contributed by atoms with Gasteiger partial charge in [-0.1, -0.05) is 0 Å². The first-order valence-corrected chi connectivity index (χ1v) is 7.64. The summed E-state index contributed by atoms with van der Waals surface area (Å²) < 4.78 is 0. The summed E-state index contributed by atoms with van der Waals surface area (Å²) in [5, 5.41) is 13.8. The van der Waals surface area contributed by atoms with Gasteiger partial charge in [0.25, 0.3) is 11.6 Å². The van der Waals surface area contributed by atoms with Gasteiger partial charge in [0.2, 0.25) is 5.91 Å². The van der Waals surface area contributed by atoms with E-state index < -0.39 is 10.8 Å². The first-order chi connectivity index (χ1) is 10.0. The van der Waals surface area contributed by atoms with Crippen molar-refractivity contribution in [3.05, 3.63) is 33.9 Å². The van der Waals surface area contributed by atoms with Crippen LogP contribution < -0.4 is 5.32 Å². The number of benzene rings is 1. The van der Waals surface area contributed by atoms with Gasteiger partial charge in [-0.15, -0.1) is 11.8 Å². The van der Waals surface area contributed by atoms with Crippen molar-refractivity contribution in [1.82, 2.24) is 10.2 Å². The third-order valence-corrected chi connectivity index (χ3v) is 3.90. The minimum atomic E-state index is -0.574. The Morgan fingerprint density at radius 3 is 2.90 bits per heavy atom. The number of nitro groups is 1. The van der Waals surface area contributed by atoms with E-state index in [4.69, 9.17) is 0 Å². The van der Waals surface area contributed by atoms with Crippen LogP contribution in [-0.4, -0.2) is 47.5 Å². The summed E-state index contributed by atoms with van der Waals surface area (Å²) in [6.07, 6.45) is 2.46. The van der Waals surface area contributed by atoms with Gasteiger partial charge in [0.1, 0.15) is 5.56 Å². The lowest BCUT2D eigenvalue weighted by Gasteiger charge is -2.19. The average molecular weight is 309 g/mol. The highest BCUT2D eigenvalue weighted by Gasteiger charge is 2.27. The summed E-state index contributed by atoms with van der Waals surface area (Å²) >= 11 is 1.40. The smallest absolute Gasteiger partial charge is 0.282 e. The van der Waals surface area contributed by atoms with E-state index >= 15 is 0 Å². The molecule has 0 unspecified atom stereocenters. The van der Waals surface area contributed by atoms with Gasteiger partial charge in [-0.25, -0.2) is 0 Å². The van der Waals surface area contributed by atoms with E-state index in [1.807, 2.05) is 6.26 Å². The van der Waals surface area contributed by atoms with Crippen molar-refractivity contribution in [3.8, 4) is 0 Å². The molecule has 8 heteroatoms.